The van der Waals surface area contributed by atoms with Crippen molar-refractivity contribution in [2.75, 3.05) is 31.9 Å². The summed E-state index contributed by atoms with van der Waals surface area (Å²) in [6.07, 6.45) is 1.38. The molecule has 0 radical (unpaired) electrons. The van der Waals surface area contributed by atoms with Crippen molar-refractivity contribution in [1.29, 1.82) is 0 Å². The molecule has 0 spiro atoms. The van der Waals surface area contributed by atoms with Crippen LogP contribution in [0.5, 0.6) is 0 Å². The zero-order valence-corrected chi connectivity index (χ0v) is 11.6. The van der Waals surface area contributed by atoms with Gasteiger partial charge >= 0.3 is 0 Å². The Morgan fingerprint density at radius 2 is 2.06 bits per heavy atom. The second kappa shape index (κ2) is 6.67. The molecule has 0 aliphatic carbocycles. The van der Waals surface area contributed by atoms with Crippen LogP contribution in [0.1, 0.15) is 13.8 Å². The van der Waals surface area contributed by atoms with Crippen LogP contribution >= 0.6 is 0 Å². The molecule has 0 unspecified atom stereocenters. The highest BCUT2D eigenvalue weighted by molar-refractivity contribution is 7.89. The van der Waals surface area contributed by atoms with E-state index in [0.717, 1.165) is 13.1 Å². The van der Waals surface area contributed by atoms with Gasteiger partial charge in [0.1, 0.15) is 5.82 Å². The van der Waals surface area contributed by atoms with Crippen LogP contribution in [0, 0.1) is 0 Å². The Morgan fingerprint density at radius 3 is 2.61 bits per heavy atom. The fraction of sp³-hybridized carbons (Fsp3) is 0.545. The number of nitrogens with zero attached hydrogens (tertiary/aromatic N) is 2. The summed E-state index contributed by atoms with van der Waals surface area (Å²) in [4.78, 5) is 6.06. The van der Waals surface area contributed by atoms with Gasteiger partial charge in [0.25, 0.3) is 0 Å². The fourth-order valence-corrected chi connectivity index (χ4v) is 2.60. The summed E-state index contributed by atoms with van der Waals surface area (Å²) < 4.78 is 26.4. The van der Waals surface area contributed by atoms with E-state index in [2.05, 4.69) is 14.6 Å². The number of rotatable bonds is 7. The van der Waals surface area contributed by atoms with E-state index < -0.39 is 10.0 Å². The first-order chi connectivity index (χ1) is 8.49. The van der Waals surface area contributed by atoms with Gasteiger partial charge in [0, 0.05) is 25.4 Å². The number of anilines is 1. The standard InChI is InChI=1S/C11H20N4O2S/c1-3-15(4-2)8-7-14-18(16,17)10-5-6-13-11(12)9-10/h5-6,9,14H,3-4,7-8H2,1-2H3,(H2,12,13). The average Bonchev–Trinajstić information content (AvgIpc) is 2.34. The Balaban J connectivity index is 2.60. The first kappa shape index (κ1) is 14.9. The molecule has 18 heavy (non-hydrogen) atoms. The minimum Gasteiger partial charge on any atom is -0.384 e. The van der Waals surface area contributed by atoms with E-state index in [9.17, 15) is 8.42 Å². The highest BCUT2D eigenvalue weighted by atomic mass is 32.2. The Labute approximate surface area is 108 Å². The van der Waals surface area contributed by atoms with Gasteiger partial charge in [-0.2, -0.15) is 0 Å². The number of likely N-dealkylation sites (N-methyl/N-ethyl adjacent to an activating group) is 1. The predicted octanol–water partition coefficient (Wildman–Crippen LogP) is 0.284. The third-order valence-corrected chi connectivity index (χ3v) is 4.14. The minimum atomic E-state index is -3.49. The molecule has 3 N–H and O–H groups in total. The zero-order chi connectivity index (χ0) is 13.6. The molecule has 0 fully saturated rings. The first-order valence-electron chi connectivity index (χ1n) is 5.93. The molecule has 0 bridgehead atoms. The van der Waals surface area contributed by atoms with Crippen molar-refractivity contribution < 1.29 is 8.42 Å². The molecule has 6 nitrogen and oxygen atoms in total. The Morgan fingerprint density at radius 1 is 1.39 bits per heavy atom. The highest BCUT2D eigenvalue weighted by Crippen LogP contribution is 2.09. The molecular formula is C11H20N4O2S. The molecule has 0 aliphatic rings. The van der Waals surface area contributed by atoms with Crippen LogP contribution in [0.2, 0.25) is 0 Å². The maximum Gasteiger partial charge on any atom is 0.240 e. The predicted molar refractivity (Wildman–Crippen MR) is 71.6 cm³/mol. The molecule has 0 aromatic carbocycles. The minimum absolute atomic E-state index is 0.148. The topological polar surface area (TPSA) is 88.3 Å². The van der Waals surface area contributed by atoms with Crippen LogP contribution in [0.3, 0.4) is 0 Å². The molecular weight excluding hydrogens is 252 g/mol. The fourth-order valence-electron chi connectivity index (χ4n) is 1.56. The van der Waals surface area contributed by atoms with Crippen LogP contribution in [0.15, 0.2) is 23.2 Å². The van der Waals surface area contributed by atoms with Crippen molar-refractivity contribution in [2.45, 2.75) is 18.7 Å². The molecule has 1 heterocycles. The van der Waals surface area contributed by atoms with E-state index in [1.54, 1.807) is 0 Å². The van der Waals surface area contributed by atoms with Crippen molar-refractivity contribution in [3.63, 3.8) is 0 Å². The van der Waals surface area contributed by atoms with E-state index in [1.165, 1.54) is 18.3 Å². The molecule has 0 aliphatic heterocycles. The first-order valence-corrected chi connectivity index (χ1v) is 7.41. The zero-order valence-electron chi connectivity index (χ0n) is 10.8. The van der Waals surface area contributed by atoms with Gasteiger partial charge in [0.2, 0.25) is 10.0 Å². The maximum atomic E-state index is 11.9. The van der Waals surface area contributed by atoms with Gasteiger partial charge in [0.15, 0.2) is 0 Å². The molecule has 1 aromatic rings. The van der Waals surface area contributed by atoms with Crippen LogP contribution in [0.25, 0.3) is 0 Å². The number of pyridine rings is 1. The highest BCUT2D eigenvalue weighted by Gasteiger charge is 2.14. The van der Waals surface area contributed by atoms with Gasteiger partial charge in [-0.25, -0.2) is 18.1 Å². The Hall–Kier alpha value is -1.18. The number of aromatic nitrogens is 1. The van der Waals surface area contributed by atoms with Crippen molar-refractivity contribution in [2.24, 2.45) is 0 Å². The lowest BCUT2D eigenvalue weighted by atomic mass is 10.5. The van der Waals surface area contributed by atoms with E-state index in [1.807, 2.05) is 13.8 Å². The summed E-state index contributed by atoms with van der Waals surface area (Å²) in [7, 11) is -3.49. The quantitative estimate of drug-likeness (QED) is 0.744. The maximum absolute atomic E-state index is 11.9. The second-order valence-electron chi connectivity index (χ2n) is 3.84. The third kappa shape index (κ3) is 4.25. The number of nitrogens with two attached hydrogens (primary N) is 1. The van der Waals surface area contributed by atoms with Crippen LogP contribution in [-0.4, -0.2) is 44.5 Å². The van der Waals surface area contributed by atoms with E-state index >= 15 is 0 Å². The smallest absolute Gasteiger partial charge is 0.240 e. The third-order valence-electron chi connectivity index (χ3n) is 2.68. The largest absolute Gasteiger partial charge is 0.384 e. The van der Waals surface area contributed by atoms with Gasteiger partial charge in [-0.05, 0) is 19.2 Å². The molecule has 1 rings (SSSR count). The number of sulfonamides is 1. The lowest BCUT2D eigenvalue weighted by molar-refractivity contribution is 0.309. The van der Waals surface area contributed by atoms with Crippen molar-refractivity contribution >= 4 is 15.8 Å². The van der Waals surface area contributed by atoms with Crippen LogP contribution in [-0.2, 0) is 10.0 Å². The molecule has 7 heteroatoms. The van der Waals surface area contributed by atoms with E-state index in [-0.39, 0.29) is 10.7 Å². The number of nitrogens with one attached hydrogen (secondary N) is 1. The average molecular weight is 272 g/mol. The summed E-state index contributed by atoms with van der Waals surface area (Å²) in [6, 6.07) is 2.77. The van der Waals surface area contributed by atoms with Gasteiger partial charge < -0.3 is 10.6 Å². The summed E-state index contributed by atoms with van der Waals surface area (Å²) in [5.74, 6) is 0.196. The molecule has 0 saturated carbocycles. The van der Waals surface area contributed by atoms with Crippen molar-refractivity contribution in [3.05, 3.63) is 18.3 Å². The monoisotopic (exact) mass is 272 g/mol. The molecule has 0 atom stereocenters. The summed E-state index contributed by atoms with van der Waals surface area (Å²) in [6.45, 7) is 6.96. The lowest BCUT2D eigenvalue weighted by Gasteiger charge is -2.17. The molecule has 0 amide bonds. The van der Waals surface area contributed by atoms with Crippen LogP contribution in [0.4, 0.5) is 5.82 Å². The molecule has 1 aromatic heterocycles. The van der Waals surface area contributed by atoms with Crippen molar-refractivity contribution in [3.8, 4) is 0 Å². The summed E-state index contributed by atoms with van der Waals surface area (Å²) >= 11 is 0. The van der Waals surface area contributed by atoms with Gasteiger partial charge in [-0.1, -0.05) is 13.8 Å². The van der Waals surface area contributed by atoms with Crippen LogP contribution < -0.4 is 10.5 Å². The van der Waals surface area contributed by atoms with E-state index in [4.69, 9.17) is 5.73 Å². The number of nitrogen functional groups attached to an aromatic ring is 1. The number of hydrogen-bond acceptors (Lipinski definition) is 5. The SMILES string of the molecule is CCN(CC)CCNS(=O)(=O)c1ccnc(N)c1. The Kier molecular flexibility index (Phi) is 5.52. The Bertz CT molecular complexity index is 472. The van der Waals surface area contributed by atoms with E-state index in [0.29, 0.717) is 13.1 Å². The lowest BCUT2D eigenvalue weighted by Crippen LogP contribution is -2.34. The van der Waals surface area contributed by atoms with Gasteiger partial charge in [-0.15, -0.1) is 0 Å². The van der Waals surface area contributed by atoms with Gasteiger partial charge in [-0.3, -0.25) is 0 Å². The summed E-state index contributed by atoms with van der Waals surface area (Å²) in [5, 5.41) is 0. The molecule has 102 valence electrons. The normalized spacial score (nSPS) is 11.9. The van der Waals surface area contributed by atoms with Crippen molar-refractivity contribution in [1.82, 2.24) is 14.6 Å². The molecule has 0 saturated heterocycles. The number of hydrogen-bond donors (Lipinski definition) is 2. The second-order valence-corrected chi connectivity index (χ2v) is 5.61. The summed E-state index contributed by atoms with van der Waals surface area (Å²) in [5.41, 5.74) is 5.46. The van der Waals surface area contributed by atoms with Gasteiger partial charge in [0.05, 0.1) is 4.90 Å².